The van der Waals surface area contributed by atoms with Crippen molar-refractivity contribution in [3.63, 3.8) is 0 Å². The van der Waals surface area contributed by atoms with Gasteiger partial charge in [0.1, 0.15) is 24.5 Å². The molecule has 37 heavy (non-hydrogen) atoms. The number of anilines is 1. The summed E-state index contributed by atoms with van der Waals surface area (Å²) in [6.07, 6.45) is 4.46. The van der Waals surface area contributed by atoms with Crippen molar-refractivity contribution in [2.24, 2.45) is 0 Å². The lowest BCUT2D eigenvalue weighted by molar-refractivity contribution is 0.0691. The Morgan fingerprint density at radius 2 is 1.65 bits per heavy atom. The van der Waals surface area contributed by atoms with Gasteiger partial charge in [-0.05, 0) is 38.0 Å². The number of halogens is 3. The molecular weight excluding hydrogens is 497 g/mol. The number of carboxylic acids is 1. The Labute approximate surface area is 216 Å². The van der Waals surface area contributed by atoms with Gasteiger partial charge in [0, 0.05) is 81.0 Å². The van der Waals surface area contributed by atoms with Crippen LogP contribution in [0.25, 0.3) is 31.7 Å². The van der Waals surface area contributed by atoms with Gasteiger partial charge in [0.15, 0.2) is 11.6 Å². The smallest absolute Gasteiger partial charge is 0.339 e. The van der Waals surface area contributed by atoms with Gasteiger partial charge in [-0.3, -0.25) is 0 Å². The van der Waals surface area contributed by atoms with Crippen molar-refractivity contribution in [2.75, 3.05) is 31.1 Å². The van der Waals surface area contributed by atoms with Crippen molar-refractivity contribution >= 4 is 33.1 Å². The number of aromatic carboxylic acids is 1. The molecule has 0 bridgehead atoms. The molecule has 2 saturated heterocycles. The van der Waals surface area contributed by atoms with Crippen LogP contribution in [-0.2, 0) is 0 Å². The summed E-state index contributed by atoms with van der Waals surface area (Å²) in [5.74, 6) is -5.78. The van der Waals surface area contributed by atoms with Crippen LogP contribution in [-0.4, -0.2) is 37.3 Å². The second-order valence-corrected chi connectivity index (χ2v) is 10.9. The quantitative estimate of drug-likeness (QED) is 0.196. The third kappa shape index (κ3) is 3.89. The summed E-state index contributed by atoms with van der Waals surface area (Å²) in [7, 11) is 0. The van der Waals surface area contributed by atoms with Crippen molar-refractivity contribution in [3.8, 4) is 21.6 Å². The highest BCUT2D eigenvalue weighted by molar-refractivity contribution is 7.21. The van der Waals surface area contributed by atoms with Gasteiger partial charge in [-0.2, -0.15) is 0 Å². The standard InChI is InChI=1S/C29H25F3N2O2S/c1-16-26(30)24(25(29(35)36)28(32)27(16)31)23-19-8-6-17(33-10-2-3-11-33)14-21(19)37-22-15-18(7-9-20(22)23)34-12-4-5-13-34/h6-9,14-15H,2-5,10-13H2,1H3/p+1. The van der Waals surface area contributed by atoms with Crippen molar-refractivity contribution in [1.29, 1.82) is 0 Å². The van der Waals surface area contributed by atoms with Crippen LogP contribution in [0, 0.1) is 24.4 Å². The third-order valence-corrected chi connectivity index (χ3v) is 8.75. The molecule has 3 aliphatic heterocycles. The minimum Gasteiger partial charge on any atom is -0.478 e. The minimum absolute atomic E-state index is 0.279. The maximum absolute atomic E-state index is 15.8. The van der Waals surface area contributed by atoms with Gasteiger partial charge in [-0.25, -0.2) is 22.5 Å². The van der Waals surface area contributed by atoms with Crippen LogP contribution in [0.4, 0.5) is 18.9 Å². The maximum Gasteiger partial charge on any atom is 0.339 e. The lowest BCUT2D eigenvalue weighted by Crippen LogP contribution is -2.26. The first kappa shape index (κ1) is 24.0. The van der Waals surface area contributed by atoms with E-state index in [1.807, 2.05) is 36.4 Å². The molecule has 1 aliphatic carbocycles. The van der Waals surface area contributed by atoms with Crippen molar-refractivity contribution in [1.82, 2.24) is 4.58 Å². The second kappa shape index (κ2) is 9.17. The van der Waals surface area contributed by atoms with Gasteiger partial charge in [0.25, 0.3) is 0 Å². The number of carbonyl (C=O) groups is 1. The number of hydrogen-bond acceptors (Lipinski definition) is 3. The number of nitrogens with zero attached hydrogens (tertiary/aromatic N) is 2. The normalized spacial score (nSPS) is 15.9. The number of carboxylic acid groups (broad SMARTS) is 1. The Morgan fingerprint density at radius 3 is 2.35 bits per heavy atom. The van der Waals surface area contributed by atoms with Crippen LogP contribution in [0.15, 0.2) is 36.4 Å². The van der Waals surface area contributed by atoms with Crippen molar-refractivity contribution in [3.05, 3.63) is 70.3 Å². The zero-order chi connectivity index (χ0) is 25.8. The zero-order valence-corrected chi connectivity index (χ0v) is 21.2. The minimum atomic E-state index is -1.71. The van der Waals surface area contributed by atoms with E-state index in [2.05, 4.69) is 9.48 Å². The first-order chi connectivity index (χ1) is 17.8. The van der Waals surface area contributed by atoms with E-state index in [1.165, 1.54) is 0 Å². The first-order valence-electron chi connectivity index (χ1n) is 12.6. The first-order valence-corrected chi connectivity index (χ1v) is 13.4. The van der Waals surface area contributed by atoms with E-state index in [9.17, 15) is 14.3 Å². The molecule has 8 heteroatoms. The van der Waals surface area contributed by atoms with Gasteiger partial charge < -0.3 is 10.0 Å². The number of benzene rings is 3. The molecule has 0 aromatic heterocycles. The summed E-state index contributed by atoms with van der Waals surface area (Å²) in [4.78, 5) is 15.3. The SMILES string of the molecule is Cc1c(F)c(F)c(C(=O)O)c(-c2c3ccc(=[N+]4CCCC4)cc-3sc3cc(N4CCCC4)ccc23)c1F. The average molecular weight is 524 g/mol. The van der Waals surface area contributed by atoms with E-state index in [4.69, 9.17) is 0 Å². The number of rotatable bonds is 3. The molecule has 2 aromatic rings. The molecule has 0 spiro atoms. The van der Waals surface area contributed by atoms with Crippen LogP contribution >= 0.6 is 11.3 Å². The maximum atomic E-state index is 15.8. The average Bonchev–Trinajstić information content (AvgIpc) is 3.62. The van der Waals surface area contributed by atoms with Crippen molar-refractivity contribution < 1.29 is 23.1 Å². The molecular formula is C29H26F3N2O2S+. The van der Waals surface area contributed by atoms with Gasteiger partial charge in [-0.1, -0.05) is 6.07 Å². The van der Waals surface area contributed by atoms with E-state index in [0.29, 0.717) is 10.9 Å². The lowest BCUT2D eigenvalue weighted by Gasteiger charge is -2.21. The lowest BCUT2D eigenvalue weighted by atomic mass is 9.89. The van der Waals surface area contributed by atoms with Crippen LogP contribution in [0.2, 0.25) is 0 Å². The van der Waals surface area contributed by atoms with Crippen molar-refractivity contribution in [2.45, 2.75) is 32.6 Å². The van der Waals surface area contributed by atoms with Gasteiger partial charge in [0.2, 0.25) is 5.36 Å². The Balaban J connectivity index is 1.74. The molecule has 0 amide bonds. The summed E-state index contributed by atoms with van der Waals surface area (Å²) in [5.41, 5.74) is 0.0142. The molecule has 0 unspecified atom stereocenters. The molecule has 4 aliphatic rings. The number of fused-ring (bicyclic) bond motifs is 2. The second-order valence-electron chi connectivity index (χ2n) is 9.85. The fourth-order valence-electron chi connectivity index (χ4n) is 5.69. The van der Waals surface area contributed by atoms with Gasteiger partial charge in [-0.15, -0.1) is 11.3 Å². The molecule has 3 heterocycles. The van der Waals surface area contributed by atoms with Crippen LogP contribution < -0.4 is 14.8 Å². The topological polar surface area (TPSA) is 43.5 Å². The summed E-state index contributed by atoms with van der Waals surface area (Å²) in [5, 5.41) is 11.5. The van der Waals surface area contributed by atoms with E-state index >= 15 is 8.78 Å². The third-order valence-electron chi connectivity index (χ3n) is 7.64. The van der Waals surface area contributed by atoms with E-state index < -0.39 is 40.1 Å². The summed E-state index contributed by atoms with van der Waals surface area (Å²) in [6.45, 7) is 4.95. The molecule has 6 rings (SSSR count). The highest BCUT2D eigenvalue weighted by atomic mass is 32.1. The molecule has 0 radical (unpaired) electrons. The summed E-state index contributed by atoms with van der Waals surface area (Å²) < 4.78 is 48.4. The van der Waals surface area contributed by atoms with Gasteiger partial charge in [0.05, 0.1) is 0 Å². The highest BCUT2D eigenvalue weighted by Gasteiger charge is 2.31. The summed E-state index contributed by atoms with van der Waals surface area (Å²) in [6, 6.07) is 11.7. The van der Waals surface area contributed by atoms with Crippen LogP contribution in [0.3, 0.4) is 0 Å². The Morgan fingerprint density at radius 1 is 0.919 bits per heavy atom. The summed E-state index contributed by atoms with van der Waals surface area (Å²) >= 11 is 1.55. The fourth-order valence-corrected chi connectivity index (χ4v) is 6.85. The Hall–Kier alpha value is -3.39. The molecule has 190 valence electrons. The predicted octanol–water partition coefficient (Wildman–Crippen LogP) is 6.26. The van der Waals surface area contributed by atoms with Crippen LogP contribution in [0.1, 0.15) is 41.6 Å². The predicted molar refractivity (Wildman–Crippen MR) is 141 cm³/mol. The van der Waals surface area contributed by atoms with E-state index in [0.717, 1.165) is 79.4 Å². The molecule has 1 N–H and O–H groups in total. The Kier molecular flexibility index (Phi) is 5.94. The monoisotopic (exact) mass is 523 g/mol. The molecule has 2 fully saturated rings. The zero-order valence-electron chi connectivity index (χ0n) is 20.4. The van der Waals surface area contributed by atoms with Crippen LogP contribution in [0.5, 0.6) is 0 Å². The van der Waals surface area contributed by atoms with E-state index in [-0.39, 0.29) is 5.56 Å². The molecule has 0 saturated carbocycles. The largest absolute Gasteiger partial charge is 0.478 e. The van der Waals surface area contributed by atoms with Gasteiger partial charge >= 0.3 is 5.97 Å². The molecule has 2 aromatic carbocycles. The fraction of sp³-hybridized carbons (Fsp3) is 0.310. The van der Waals surface area contributed by atoms with E-state index in [1.54, 1.807) is 11.3 Å². The highest BCUT2D eigenvalue weighted by Crippen LogP contribution is 2.47. The Bertz CT molecular complexity index is 1610. The number of hydrogen-bond donors (Lipinski definition) is 1. The molecule has 0 atom stereocenters. The molecule has 4 nitrogen and oxygen atoms in total.